The highest BCUT2D eigenvalue weighted by Gasteiger charge is 2.36. The Morgan fingerprint density at radius 2 is 1.94 bits per heavy atom. The molecule has 1 rings (SSSR count). The molecule has 1 saturated carbocycles. The zero-order valence-corrected chi connectivity index (χ0v) is 12.2. The molecule has 0 heterocycles. The monoisotopic (exact) mass is 255 g/mol. The van der Waals surface area contributed by atoms with Crippen LogP contribution in [0.4, 0.5) is 4.79 Å². The summed E-state index contributed by atoms with van der Waals surface area (Å²) >= 11 is 0. The first-order valence-corrected chi connectivity index (χ1v) is 7.41. The van der Waals surface area contributed by atoms with E-state index >= 15 is 0 Å². The van der Waals surface area contributed by atoms with Crippen LogP contribution in [0.3, 0.4) is 0 Å². The van der Waals surface area contributed by atoms with E-state index in [2.05, 4.69) is 26.1 Å². The number of carbonyl (C=O) groups excluding carboxylic acids is 1. The minimum atomic E-state index is -0.177. The zero-order chi connectivity index (χ0) is 13.6. The highest BCUT2D eigenvalue weighted by molar-refractivity contribution is 5.75. The minimum absolute atomic E-state index is 0.0794. The first-order chi connectivity index (χ1) is 8.63. The molecule has 3 N–H and O–H groups in total. The number of hydrogen-bond acceptors (Lipinski definition) is 2. The fraction of sp³-hybridized carbons (Fsp3) is 0.929. The lowest BCUT2D eigenvalue weighted by atomic mass is 9.90. The van der Waals surface area contributed by atoms with E-state index in [0.717, 1.165) is 38.6 Å². The molecule has 18 heavy (non-hydrogen) atoms. The van der Waals surface area contributed by atoms with Crippen LogP contribution in [0.15, 0.2) is 0 Å². The third-order valence-electron chi connectivity index (χ3n) is 4.39. The van der Waals surface area contributed by atoms with Crippen LogP contribution in [0.1, 0.15) is 59.3 Å². The Bertz CT molecular complexity index is 252. The van der Waals surface area contributed by atoms with Crippen molar-refractivity contribution in [2.24, 2.45) is 5.73 Å². The molecule has 0 bridgehead atoms. The van der Waals surface area contributed by atoms with Crippen molar-refractivity contribution < 1.29 is 4.79 Å². The van der Waals surface area contributed by atoms with Crippen LogP contribution in [0.25, 0.3) is 0 Å². The molecule has 0 aliphatic heterocycles. The molecule has 0 aromatic rings. The third-order valence-corrected chi connectivity index (χ3v) is 4.39. The van der Waals surface area contributed by atoms with E-state index in [4.69, 9.17) is 5.73 Å². The summed E-state index contributed by atoms with van der Waals surface area (Å²) in [6.45, 7) is 7.68. The van der Waals surface area contributed by atoms with Gasteiger partial charge in [-0.25, -0.2) is 4.79 Å². The molecule has 0 radical (unpaired) electrons. The Morgan fingerprint density at radius 3 is 2.28 bits per heavy atom. The van der Waals surface area contributed by atoms with Gasteiger partial charge < -0.3 is 16.0 Å². The Morgan fingerprint density at radius 1 is 1.33 bits per heavy atom. The Hall–Kier alpha value is -0.770. The number of nitrogens with one attached hydrogen (secondary N) is 1. The van der Waals surface area contributed by atoms with Gasteiger partial charge in [-0.05, 0) is 38.5 Å². The van der Waals surface area contributed by atoms with Gasteiger partial charge in [0.05, 0.1) is 5.54 Å². The molecule has 2 amide bonds. The van der Waals surface area contributed by atoms with Gasteiger partial charge in [0, 0.05) is 19.1 Å². The molecule has 4 nitrogen and oxygen atoms in total. The van der Waals surface area contributed by atoms with Gasteiger partial charge in [-0.1, -0.05) is 20.8 Å². The summed E-state index contributed by atoms with van der Waals surface area (Å²) in [5, 5.41) is 3.14. The minimum Gasteiger partial charge on any atom is -0.335 e. The molecule has 0 aromatic heterocycles. The molecule has 0 spiro atoms. The summed E-state index contributed by atoms with van der Waals surface area (Å²) in [5.41, 5.74) is 5.78. The van der Waals surface area contributed by atoms with Crippen LogP contribution >= 0.6 is 0 Å². The van der Waals surface area contributed by atoms with Gasteiger partial charge in [-0.2, -0.15) is 0 Å². The molecular weight excluding hydrogens is 226 g/mol. The SMILES string of the molecule is CCCN(C(=O)NC1CCC1)C(CC)(CC)CN. The van der Waals surface area contributed by atoms with E-state index in [0.29, 0.717) is 12.6 Å². The number of hydrogen-bond donors (Lipinski definition) is 2. The summed E-state index contributed by atoms with van der Waals surface area (Å²) in [4.78, 5) is 14.4. The number of nitrogens with zero attached hydrogens (tertiary/aromatic N) is 1. The van der Waals surface area contributed by atoms with Crippen molar-refractivity contribution in [3.63, 3.8) is 0 Å². The Labute approximate surface area is 111 Å². The number of amides is 2. The van der Waals surface area contributed by atoms with Gasteiger partial charge in [0.15, 0.2) is 0 Å². The number of urea groups is 1. The molecular formula is C14H29N3O. The maximum atomic E-state index is 12.4. The number of nitrogens with two attached hydrogens (primary N) is 1. The molecule has 0 saturated heterocycles. The molecule has 1 aliphatic carbocycles. The normalized spacial score (nSPS) is 16.2. The second kappa shape index (κ2) is 6.98. The van der Waals surface area contributed by atoms with Crippen molar-refractivity contribution in [3.05, 3.63) is 0 Å². The predicted molar refractivity (Wildman–Crippen MR) is 75.5 cm³/mol. The highest BCUT2D eigenvalue weighted by Crippen LogP contribution is 2.25. The van der Waals surface area contributed by atoms with Crippen LogP contribution in [0.2, 0.25) is 0 Å². The zero-order valence-electron chi connectivity index (χ0n) is 12.2. The highest BCUT2D eigenvalue weighted by atomic mass is 16.2. The quantitative estimate of drug-likeness (QED) is 0.734. The largest absolute Gasteiger partial charge is 0.335 e. The van der Waals surface area contributed by atoms with Gasteiger partial charge >= 0.3 is 6.03 Å². The molecule has 1 aliphatic rings. The van der Waals surface area contributed by atoms with Crippen molar-refractivity contribution in [1.82, 2.24) is 10.2 Å². The smallest absolute Gasteiger partial charge is 0.318 e. The van der Waals surface area contributed by atoms with E-state index in [1.165, 1.54) is 6.42 Å². The van der Waals surface area contributed by atoms with Gasteiger partial charge in [0.2, 0.25) is 0 Å². The van der Waals surface area contributed by atoms with Crippen LogP contribution in [-0.2, 0) is 0 Å². The first-order valence-electron chi connectivity index (χ1n) is 7.41. The number of carbonyl (C=O) groups is 1. The van der Waals surface area contributed by atoms with Gasteiger partial charge in [0.25, 0.3) is 0 Å². The van der Waals surface area contributed by atoms with E-state index in [1.807, 2.05) is 4.90 Å². The summed E-state index contributed by atoms with van der Waals surface area (Å²) < 4.78 is 0. The lowest BCUT2D eigenvalue weighted by Crippen LogP contribution is -2.60. The predicted octanol–water partition coefficient (Wildman–Crippen LogP) is 2.48. The van der Waals surface area contributed by atoms with Crippen molar-refractivity contribution >= 4 is 6.03 Å². The van der Waals surface area contributed by atoms with Crippen LogP contribution in [0.5, 0.6) is 0 Å². The van der Waals surface area contributed by atoms with Crippen molar-refractivity contribution in [1.29, 1.82) is 0 Å². The van der Waals surface area contributed by atoms with E-state index in [9.17, 15) is 4.79 Å². The fourth-order valence-corrected chi connectivity index (χ4v) is 2.61. The van der Waals surface area contributed by atoms with E-state index in [1.54, 1.807) is 0 Å². The molecule has 106 valence electrons. The van der Waals surface area contributed by atoms with Crippen molar-refractivity contribution in [2.45, 2.75) is 70.9 Å². The maximum Gasteiger partial charge on any atom is 0.318 e. The lowest BCUT2D eigenvalue weighted by Gasteiger charge is -2.43. The summed E-state index contributed by atoms with van der Waals surface area (Å²) in [6, 6.07) is 0.469. The van der Waals surface area contributed by atoms with Gasteiger partial charge in [-0.3, -0.25) is 0 Å². The van der Waals surface area contributed by atoms with Gasteiger partial charge in [-0.15, -0.1) is 0 Å². The maximum absolute atomic E-state index is 12.4. The molecule has 0 atom stereocenters. The van der Waals surface area contributed by atoms with Crippen LogP contribution < -0.4 is 11.1 Å². The van der Waals surface area contributed by atoms with Crippen LogP contribution in [0, 0.1) is 0 Å². The van der Waals surface area contributed by atoms with Crippen molar-refractivity contribution in [3.8, 4) is 0 Å². The van der Waals surface area contributed by atoms with Crippen molar-refractivity contribution in [2.75, 3.05) is 13.1 Å². The number of rotatable bonds is 7. The topological polar surface area (TPSA) is 58.4 Å². The Kier molecular flexibility index (Phi) is 5.93. The summed E-state index contributed by atoms with van der Waals surface area (Å²) in [6.07, 6.45) is 6.29. The summed E-state index contributed by atoms with van der Waals surface area (Å²) in [5.74, 6) is 0. The van der Waals surface area contributed by atoms with E-state index in [-0.39, 0.29) is 11.6 Å². The fourth-order valence-electron chi connectivity index (χ4n) is 2.61. The van der Waals surface area contributed by atoms with E-state index < -0.39 is 0 Å². The molecule has 1 fully saturated rings. The second-order valence-corrected chi connectivity index (χ2v) is 5.36. The molecule has 4 heteroatoms. The molecule has 0 unspecified atom stereocenters. The average molecular weight is 255 g/mol. The summed E-state index contributed by atoms with van der Waals surface area (Å²) in [7, 11) is 0. The first kappa shape index (κ1) is 15.3. The molecule has 0 aromatic carbocycles. The second-order valence-electron chi connectivity index (χ2n) is 5.36. The third kappa shape index (κ3) is 3.16. The van der Waals surface area contributed by atoms with Crippen LogP contribution in [-0.4, -0.2) is 35.6 Å². The average Bonchev–Trinajstić information content (AvgIpc) is 2.35. The standard InChI is InChI=1S/C14H29N3O/c1-4-10-17(14(5-2,6-3)11-15)13(18)16-12-8-7-9-12/h12H,4-11,15H2,1-3H3,(H,16,18). The Balaban J connectivity index is 2.74. The van der Waals surface area contributed by atoms with Gasteiger partial charge in [0.1, 0.15) is 0 Å². The lowest BCUT2D eigenvalue weighted by molar-refractivity contribution is 0.103.